The highest BCUT2D eigenvalue weighted by Gasteiger charge is 2.14. The van der Waals surface area contributed by atoms with E-state index in [1.54, 1.807) is 6.07 Å². The summed E-state index contributed by atoms with van der Waals surface area (Å²) in [4.78, 5) is 22.6. The van der Waals surface area contributed by atoms with E-state index in [0.29, 0.717) is 11.4 Å². The van der Waals surface area contributed by atoms with E-state index in [9.17, 15) is 9.59 Å². The Balaban J connectivity index is 2.64. The lowest BCUT2D eigenvalue weighted by molar-refractivity contribution is -0.136. The number of halogens is 2. The zero-order valence-electron chi connectivity index (χ0n) is 8.80. The van der Waals surface area contributed by atoms with Crippen LogP contribution in [0.1, 0.15) is 0 Å². The normalized spacial score (nSPS) is 9.76. The van der Waals surface area contributed by atoms with Gasteiger partial charge in [-0.1, -0.05) is 11.6 Å². The average Bonchev–Trinajstić information content (AvgIpc) is 2.29. The Labute approximate surface area is 108 Å². The summed E-state index contributed by atoms with van der Waals surface area (Å²) in [6.07, 6.45) is 0. The Hall–Kier alpha value is -1.46. The topological polar surface area (TPSA) is 84.2 Å². The molecule has 0 fully saturated rings. The van der Waals surface area contributed by atoms with Crippen molar-refractivity contribution in [3.05, 3.63) is 23.2 Å². The van der Waals surface area contributed by atoms with E-state index in [2.05, 4.69) is 10.6 Å². The van der Waals surface area contributed by atoms with Gasteiger partial charge in [-0.2, -0.15) is 0 Å². The summed E-state index contributed by atoms with van der Waals surface area (Å²) >= 11 is 11.2. The van der Waals surface area contributed by atoms with E-state index in [1.165, 1.54) is 12.1 Å². The first-order valence-corrected chi connectivity index (χ1v) is 5.66. The fourth-order valence-electron chi connectivity index (χ4n) is 1.05. The second-order valence-electron chi connectivity index (χ2n) is 3.14. The van der Waals surface area contributed by atoms with Crippen LogP contribution in [0.2, 0.25) is 5.02 Å². The predicted octanol–water partition coefficient (Wildman–Crippen LogP) is 1.22. The van der Waals surface area contributed by atoms with Crippen molar-refractivity contribution in [3.63, 3.8) is 0 Å². The van der Waals surface area contributed by atoms with Crippen LogP contribution in [0.5, 0.6) is 0 Å². The molecule has 0 unspecified atom stereocenters. The lowest BCUT2D eigenvalue weighted by Gasteiger charge is -2.07. The molecule has 0 aromatic heterocycles. The standard InChI is InChI=1S/C10H11Cl2N3O2/c11-3-4-14-9(16)10(17)15-8-2-1-6(13)5-7(8)12/h1-2,5H,3-4,13H2,(H,14,16)(H,15,17). The molecule has 0 bridgehead atoms. The number of nitrogen functional groups attached to an aromatic ring is 1. The van der Waals surface area contributed by atoms with Crippen molar-refractivity contribution < 1.29 is 9.59 Å². The second-order valence-corrected chi connectivity index (χ2v) is 3.92. The molecule has 17 heavy (non-hydrogen) atoms. The number of amides is 2. The third-order valence-corrected chi connectivity index (χ3v) is 2.33. The highest BCUT2D eigenvalue weighted by molar-refractivity contribution is 6.41. The molecule has 1 rings (SSSR count). The van der Waals surface area contributed by atoms with Crippen LogP contribution >= 0.6 is 23.2 Å². The van der Waals surface area contributed by atoms with Crippen LogP contribution < -0.4 is 16.4 Å². The SMILES string of the molecule is Nc1ccc(NC(=O)C(=O)NCCCl)c(Cl)c1. The number of hydrogen-bond acceptors (Lipinski definition) is 3. The quantitative estimate of drug-likeness (QED) is 0.441. The molecule has 92 valence electrons. The minimum Gasteiger partial charge on any atom is -0.399 e. The maximum absolute atomic E-state index is 11.4. The van der Waals surface area contributed by atoms with Crippen molar-refractivity contribution in [1.82, 2.24) is 5.32 Å². The summed E-state index contributed by atoms with van der Waals surface area (Å²) in [5.41, 5.74) is 6.29. The molecular weight excluding hydrogens is 265 g/mol. The molecule has 1 aromatic carbocycles. The van der Waals surface area contributed by atoms with Gasteiger partial charge in [0, 0.05) is 18.1 Å². The Morgan fingerprint density at radius 2 is 2.00 bits per heavy atom. The second kappa shape index (κ2) is 6.32. The number of alkyl halides is 1. The summed E-state index contributed by atoms with van der Waals surface area (Å²) in [5, 5.41) is 4.96. The first-order chi connectivity index (χ1) is 8.04. The lowest BCUT2D eigenvalue weighted by Crippen LogP contribution is -2.36. The molecule has 0 saturated carbocycles. The lowest BCUT2D eigenvalue weighted by atomic mass is 10.3. The third kappa shape index (κ3) is 4.13. The van der Waals surface area contributed by atoms with Crippen LogP contribution in [-0.2, 0) is 9.59 Å². The Morgan fingerprint density at radius 1 is 1.29 bits per heavy atom. The highest BCUT2D eigenvalue weighted by atomic mass is 35.5. The summed E-state index contributed by atoms with van der Waals surface area (Å²) in [5.74, 6) is -1.33. The molecule has 7 heteroatoms. The molecule has 1 aromatic rings. The number of hydrogen-bond donors (Lipinski definition) is 3. The maximum Gasteiger partial charge on any atom is 0.313 e. The first kappa shape index (κ1) is 13.6. The van der Waals surface area contributed by atoms with E-state index < -0.39 is 11.8 Å². The van der Waals surface area contributed by atoms with Gasteiger partial charge in [0.1, 0.15) is 0 Å². The van der Waals surface area contributed by atoms with Gasteiger partial charge in [-0.15, -0.1) is 11.6 Å². The number of nitrogens with two attached hydrogens (primary N) is 1. The highest BCUT2D eigenvalue weighted by Crippen LogP contribution is 2.23. The van der Waals surface area contributed by atoms with Crippen LogP contribution in [0.15, 0.2) is 18.2 Å². The molecule has 0 heterocycles. The predicted molar refractivity (Wildman–Crippen MR) is 68.2 cm³/mol. The molecule has 0 saturated heterocycles. The maximum atomic E-state index is 11.4. The molecule has 5 nitrogen and oxygen atoms in total. The van der Waals surface area contributed by atoms with Crippen molar-refractivity contribution in [2.24, 2.45) is 0 Å². The van der Waals surface area contributed by atoms with E-state index in [0.717, 1.165) is 0 Å². The van der Waals surface area contributed by atoms with Gasteiger partial charge in [0.15, 0.2) is 0 Å². The Kier molecular flexibility index (Phi) is 5.06. The molecule has 0 spiro atoms. The van der Waals surface area contributed by atoms with Gasteiger partial charge in [-0.05, 0) is 18.2 Å². The monoisotopic (exact) mass is 275 g/mol. The smallest absolute Gasteiger partial charge is 0.313 e. The molecule has 2 amide bonds. The summed E-state index contributed by atoms with van der Waals surface area (Å²) in [6.45, 7) is 0.225. The number of carbonyl (C=O) groups is 2. The minimum atomic E-state index is -0.804. The van der Waals surface area contributed by atoms with Crippen molar-refractivity contribution in [2.45, 2.75) is 0 Å². The van der Waals surface area contributed by atoms with Gasteiger partial charge in [0.2, 0.25) is 0 Å². The molecule has 0 aliphatic rings. The molecule has 0 aliphatic carbocycles. The van der Waals surface area contributed by atoms with Gasteiger partial charge >= 0.3 is 11.8 Å². The number of nitrogens with one attached hydrogen (secondary N) is 2. The molecule has 0 aliphatic heterocycles. The molecular formula is C10H11Cl2N3O2. The molecule has 0 radical (unpaired) electrons. The van der Waals surface area contributed by atoms with E-state index in [1.807, 2.05) is 0 Å². The van der Waals surface area contributed by atoms with Crippen LogP contribution in [0.3, 0.4) is 0 Å². The van der Waals surface area contributed by atoms with Gasteiger partial charge in [-0.25, -0.2) is 0 Å². The average molecular weight is 276 g/mol. The van der Waals surface area contributed by atoms with Gasteiger partial charge in [0.25, 0.3) is 0 Å². The summed E-state index contributed by atoms with van der Waals surface area (Å²) < 4.78 is 0. The zero-order chi connectivity index (χ0) is 12.8. The van der Waals surface area contributed by atoms with Crippen molar-refractivity contribution in [1.29, 1.82) is 0 Å². The van der Waals surface area contributed by atoms with Crippen molar-refractivity contribution in [3.8, 4) is 0 Å². The van der Waals surface area contributed by atoms with Crippen LogP contribution in [-0.4, -0.2) is 24.2 Å². The van der Waals surface area contributed by atoms with Crippen LogP contribution in [0.25, 0.3) is 0 Å². The van der Waals surface area contributed by atoms with E-state index in [4.69, 9.17) is 28.9 Å². The number of carbonyl (C=O) groups excluding carboxylic acids is 2. The van der Waals surface area contributed by atoms with E-state index >= 15 is 0 Å². The summed E-state index contributed by atoms with van der Waals surface area (Å²) in [6, 6.07) is 4.57. The number of benzene rings is 1. The Bertz CT molecular complexity index is 438. The van der Waals surface area contributed by atoms with Gasteiger partial charge < -0.3 is 16.4 Å². The summed E-state index contributed by atoms with van der Waals surface area (Å²) in [7, 11) is 0. The van der Waals surface area contributed by atoms with Gasteiger partial charge in [-0.3, -0.25) is 9.59 Å². The van der Waals surface area contributed by atoms with Crippen LogP contribution in [0, 0.1) is 0 Å². The first-order valence-electron chi connectivity index (χ1n) is 4.74. The van der Waals surface area contributed by atoms with Gasteiger partial charge in [0.05, 0.1) is 10.7 Å². The number of anilines is 2. The molecule has 4 N–H and O–H groups in total. The van der Waals surface area contributed by atoms with Crippen molar-refractivity contribution in [2.75, 3.05) is 23.5 Å². The fraction of sp³-hybridized carbons (Fsp3) is 0.200. The number of rotatable bonds is 3. The third-order valence-electron chi connectivity index (χ3n) is 1.83. The fourth-order valence-corrected chi connectivity index (χ4v) is 1.38. The zero-order valence-corrected chi connectivity index (χ0v) is 10.3. The largest absolute Gasteiger partial charge is 0.399 e. The van der Waals surface area contributed by atoms with Crippen LogP contribution in [0.4, 0.5) is 11.4 Å². The minimum absolute atomic E-state index is 0.225. The van der Waals surface area contributed by atoms with Crippen molar-refractivity contribution >= 4 is 46.4 Å². The molecule has 0 atom stereocenters. The Morgan fingerprint density at radius 3 is 2.59 bits per heavy atom. The van der Waals surface area contributed by atoms with E-state index in [-0.39, 0.29) is 17.4 Å².